The largest absolute Gasteiger partial charge is 0.357 e. The molecule has 1 fully saturated rings. The van der Waals surface area contributed by atoms with E-state index in [9.17, 15) is 0 Å². The number of nitrogens with one attached hydrogen (secondary N) is 2. The third-order valence-corrected chi connectivity index (χ3v) is 5.84. The van der Waals surface area contributed by atoms with Crippen molar-refractivity contribution >= 4 is 11.8 Å². The van der Waals surface area contributed by atoms with Gasteiger partial charge in [0.25, 0.3) is 0 Å². The Morgan fingerprint density at radius 1 is 1.14 bits per heavy atom. The molecule has 6 nitrogen and oxygen atoms in total. The topological polar surface area (TPSA) is 55.8 Å². The first-order valence-electron chi connectivity index (χ1n) is 11.4. The van der Waals surface area contributed by atoms with Crippen LogP contribution in [-0.4, -0.2) is 61.7 Å². The summed E-state index contributed by atoms with van der Waals surface area (Å²) in [7, 11) is 0. The summed E-state index contributed by atoms with van der Waals surface area (Å²) < 4.78 is 0. The van der Waals surface area contributed by atoms with Gasteiger partial charge in [0.1, 0.15) is 5.82 Å². The zero-order valence-electron chi connectivity index (χ0n) is 18.3. The minimum absolute atomic E-state index is 0.669. The molecular weight excluding hydrogens is 360 g/mol. The Bertz CT molecular complexity index is 676. The molecule has 2 heterocycles. The van der Waals surface area contributed by atoms with E-state index in [1.165, 1.54) is 31.2 Å². The molecule has 0 atom stereocenters. The number of pyridine rings is 1. The Balaban J connectivity index is 1.52. The molecule has 2 N–H and O–H groups in total. The molecule has 0 radical (unpaired) electrons. The van der Waals surface area contributed by atoms with E-state index in [1.54, 1.807) is 5.57 Å². The summed E-state index contributed by atoms with van der Waals surface area (Å²) in [6, 6.07) is 4.27. The summed E-state index contributed by atoms with van der Waals surface area (Å²) >= 11 is 0. The summed E-state index contributed by atoms with van der Waals surface area (Å²) in [5.74, 6) is 1.98. The van der Waals surface area contributed by atoms with Crippen molar-refractivity contribution in [2.45, 2.75) is 52.5 Å². The number of likely N-dealkylation sites (N-methyl/N-ethyl adjacent to an activating group) is 1. The minimum atomic E-state index is 0.669. The predicted octanol–water partition coefficient (Wildman–Crippen LogP) is 3.17. The van der Waals surface area contributed by atoms with Crippen LogP contribution in [-0.2, 0) is 6.54 Å². The molecule has 1 aliphatic heterocycles. The normalized spacial score (nSPS) is 18.5. The van der Waals surface area contributed by atoms with Crippen molar-refractivity contribution in [1.82, 2.24) is 20.5 Å². The van der Waals surface area contributed by atoms with Crippen molar-refractivity contribution < 1.29 is 0 Å². The number of rotatable bonds is 8. The second-order valence-electron chi connectivity index (χ2n) is 7.92. The monoisotopic (exact) mass is 398 g/mol. The molecule has 0 spiro atoms. The number of hydrogen-bond donors (Lipinski definition) is 2. The summed E-state index contributed by atoms with van der Waals surface area (Å²) in [5.41, 5.74) is 2.81. The number of anilines is 1. The molecule has 6 heteroatoms. The Morgan fingerprint density at radius 2 is 2.00 bits per heavy atom. The van der Waals surface area contributed by atoms with Gasteiger partial charge in [0, 0.05) is 45.5 Å². The molecule has 0 bridgehead atoms. The predicted molar refractivity (Wildman–Crippen MR) is 123 cm³/mol. The van der Waals surface area contributed by atoms with Crippen LogP contribution in [0.25, 0.3) is 0 Å². The van der Waals surface area contributed by atoms with Crippen molar-refractivity contribution in [3.05, 3.63) is 35.5 Å². The Labute approximate surface area is 176 Å². The zero-order chi connectivity index (χ0) is 20.3. The molecule has 1 aromatic rings. The van der Waals surface area contributed by atoms with Gasteiger partial charge < -0.3 is 20.4 Å². The van der Waals surface area contributed by atoms with Crippen LogP contribution >= 0.6 is 0 Å². The van der Waals surface area contributed by atoms with Gasteiger partial charge in [0.05, 0.1) is 6.54 Å². The van der Waals surface area contributed by atoms with Crippen LogP contribution in [0.4, 0.5) is 5.82 Å². The molecule has 0 saturated carbocycles. The van der Waals surface area contributed by atoms with Gasteiger partial charge in [-0.1, -0.05) is 18.6 Å². The minimum Gasteiger partial charge on any atom is -0.357 e. The van der Waals surface area contributed by atoms with Crippen molar-refractivity contribution in [2.24, 2.45) is 4.99 Å². The van der Waals surface area contributed by atoms with Gasteiger partial charge in [0.15, 0.2) is 5.96 Å². The summed E-state index contributed by atoms with van der Waals surface area (Å²) in [4.78, 5) is 14.3. The highest BCUT2D eigenvalue weighted by Gasteiger charge is 2.16. The van der Waals surface area contributed by atoms with Crippen LogP contribution in [0.3, 0.4) is 0 Å². The highest BCUT2D eigenvalue weighted by atomic mass is 15.3. The Morgan fingerprint density at radius 3 is 2.72 bits per heavy atom. The lowest BCUT2D eigenvalue weighted by Crippen LogP contribution is -2.46. The third-order valence-electron chi connectivity index (χ3n) is 5.84. The smallest absolute Gasteiger partial charge is 0.191 e. The molecule has 1 aliphatic carbocycles. The fraction of sp³-hybridized carbons (Fsp3) is 0.652. The fourth-order valence-corrected chi connectivity index (χ4v) is 4.01. The van der Waals surface area contributed by atoms with Crippen LogP contribution < -0.4 is 15.5 Å². The lowest BCUT2D eigenvalue weighted by Gasteiger charge is -2.34. The van der Waals surface area contributed by atoms with E-state index >= 15 is 0 Å². The molecular formula is C23H38N6. The average molecular weight is 399 g/mol. The maximum Gasteiger partial charge on any atom is 0.191 e. The average Bonchev–Trinajstić information content (AvgIpc) is 2.78. The van der Waals surface area contributed by atoms with E-state index in [-0.39, 0.29) is 0 Å². The molecule has 2 aliphatic rings. The standard InChI is InChI=1S/C23H38N6/c1-3-24-23(26-13-10-20-8-6-5-7-9-20)27-19-21-11-12-25-22(18-21)29-16-14-28(4-2)15-17-29/h8,11-12,18H,3-7,9-10,13-17,19H2,1-2H3,(H2,24,26,27). The fourth-order valence-electron chi connectivity index (χ4n) is 4.01. The Kier molecular flexibility index (Phi) is 8.81. The number of aromatic nitrogens is 1. The quantitative estimate of drug-likeness (QED) is 0.400. The number of hydrogen-bond acceptors (Lipinski definition) is 4. The van der Waals surface area contributed by atoms with E-state index < -0.39 is 0 Å². The lowest BCUT2D eigenvalue weighted by atomic mass is 9.97. The van der Waals surface area contributed by atoms with Crippen LogP contribution in [0.15, 0.2) is 35.0 Å². The van der Waals surface area contributed by atoms with Crippen LogP contribution in [0.1, 0.15) is 51.5 Å². The summed E-state index contributed by atoms with van der Waals surface area (Å²) in [6.07, 6.45) is 10.7. The Hall–Kier alpha value is -2.08. The highest BCUT2D eigenvalue weighted by molar-refractivity contribution is 5.79. The zero-order valence-corrected chi connectivity index (χ0v) is 18.3. The lowest BCUT2D eigenvalue weighted by molar-refractivity contribution is 0.270. The van der Waals surface area contributed by atoms with Crippen LogP contribution in [0.5, 0.6) is 0 Å². The molecule has 3 rings (SSSR count). The van der Waals surface area contributed by atoms with E-state index in [1.807, 2.05) is 6.20 Å². The number of allylic oxidation sites excluding steroid dienone is 1. The summed E-state index contributed by atoms with van der Waals surface area (Å²) in [5, 5.41) is 6.86. The van der Waals surface area contributed by atoms with Crippen LogP contribution in [0.2, 0.25) is 0 Å². The highest BCUT2D eigenvalue weighted by Crippen LogP contribution is 2.19. The van der Waals surface area contributed by atoms with Gasteiger partial charge in [-0.05, 0) is 63.3 Å². The van der Waals surface area contributed by atoms with E-state index in [2.05, 4.69) is 57.5 Å². The molecule has 1 aromatic heterocycles. The molecule has 29 heavy (non-hydrogen) atoms. The van der Waals surface area contributed by atoms with Crippen molar-refractivity contribution in [1.29, 1.82) is 0 Å². The van der Waals surface area contributed by atoms with Gasteiger partial charge in [-0.2, -0.15) is 0 Å². The number of nitrogens with zero attached hydrogens (tertiary/aromatic N) is 4. The first kappa shape index (κ1) is 21.6. The van der Waals surface area contributed by atoms with Crippen LogP contribution in [0, 0.1) is 0 Å². The van der Waals surface area contributed by atoms with Crippen molar-refractivity contribution in [2.75, 3.05) is 50.7 Å². The molecule has 160 valence electrons. The number of guanidine groups is 1. The van der Waals surface area contributed by atoms with Gasteiger partial charge in [-0.15, -0.1) is 0 Å². The van der Waals surface area contributed by atoms with Gasteiger partial charge in [-0.3, -0.25) is 0 Å². The third kappa shape index (κ3) is 7.03. The van der Waals surface area contributed by atoms with Crippen molar-refractivity contribution in [3.63, 3.8) is 0 Å². The van der Waals surface area contributed by atoms with Crippen molar-refractivity contribution in [3.8, 4) is 0 Å². The van der Waals surface area contributed by atoms with E-state index in [0.717, 1.165) is 64.0 Å². The number of piperazine rings is 1. The number of aliphatic imine (C=N–C) groups is 1. The maximum atomic E-state index is 4.80. The SMILES string of the molecule is CCNC(=NCc1ccnc(N2CCN(CC)CC2)c1)NCCC1=CCCCC1. The molecule has 0 aromatic carbocycles. The molecule has 0 amide bonds. The first-order valence-corrected chi connectivity index (χ1v) is 11.4. The first-order chi connectivity index (χ1) is 14.3. The second-order valence-corrected chi connectivity index (χ2v) is 7.92. The maximum absolute atomic E-state index is 4.80. The van der Waals surface area contributed by atoms with E-state index in [4.69, 9.17) is 4.99 Å². The summed E-state index contributed by atoms with van der Waals surface area (Å²) in [6.45, 7) is 12.3. The van der Waals surface area contributed by atoms with Gasteiger partial charge in [-0.25, -0.2) is 9.98 Å². The van der Waals surface area contributed by atoms with Gasteiger partial charge >= 0.3 is 0 Å². The van der Waals surface area contributed by atoms with Gasteiger partial charge in [0.2, 0.25) is 0 Å². The van der Waals surface area contributed by atoms with E-state index in [0.29, 0.717) is 6.54 Å². The molecule has 0 unspecified atom stereocenters. The molecule has 1 saturated heterocycles. The second kappa shape index (κ2) is 11.8.